The maximum absolute atomic E-state index is 4.76. The van der Waals surface area contributed by atoms with E-state index < -0.39 is 0 Å². The van der Waals surface area contributed by atoms with Crippen LogP contribution in [0.4, 0.5) is 5.82 Å². The van der Waals surface area contributed by atoms with Gasteiger partial charge in [-0.15, -0.1) is 0 Å². The second kappa shape index (κ2) is 6.52. The quantitative estimate of drug-likeness (QED) is 0.762. The standard InChI is InChI=1S/C18H20N4/c1-3-14(4-2)20-18-15-7-5-6-8-16(15)21-17(22-18)13-9-11-19-12-10-13/h5-12,14H,3-4H2,1-2H3,(H,20,21,22). The minimum atomic E-state index is 0.420. The van der Waals surface area contributed by atoms with Crippen molar-refractivity contribution >= 4 is 16.7 Å². The summed E-state index contributed by atoms with van der Waals surface area (Å²) < 4.78 is 0. The van der Waals surface area contributed by atoms with Gasteiger partial charge in [0.05, 0.1) is 5.52 Å². The van der Waals surface area contributed by atoms with E-state index >= 15 is 0 Å². The van der Waals surface area contributed by atoms with Gasteiger partial charge in [-0.3, -0.25) is 4.98 Å². The molecular weight excluding hydrogens is 272 g/mol. The van der Waals surface area contributed by atoms with Crippen LogP contribution < -0.4 is 5.32 Å². The van der Waals surface area contributed by atoms with E-state index in [9.17, 15) is 0 Å². The van der Waals surface area contributed by atoms with Crippen molar-refractivity contribution in [2.24, 2.45) is 0 Å². The molecule has 0 amide bonds. The molecule has 2 aromatic heterocycles. The van der Waals surface area contributed by atoms with Crippen LogP contribution in [0.2, 0.25) is 0 Å². The molecule has 4 heteroatoms. The van der Waals surface area contributed by atoms with Crippen molar-refractivity contribution in [2.75, 3.05) is 5.32 Å². The van der Waals surface area contributed by atoms with Gasteiger partial charge in [0.15, 0.2) is 5.82 Å². The van der Waals surface area contributed by atoms with E-state index in [1.54, 1.807) is 12.4 Å². The molecule has 1 N–H and O–H groups in total. The number of nitrogens with zero attached hydrogens (tertiary/aromatic N) is 3. The van der Waals surface area contributed by atoms with Gasteiger partial charge in [0, 0.05) is 29.4 Å². The van der Waals surface area contributed by atoms with Gasteiger partial charge in [-0.1, -0.05) is 26.0 Å². The van der Waals surface area contributed by atoms with E-state index in [4.69, 9.17) is 4.98 Å². The van der Waals surface area contributed by atoms with Crippen molar-refractivity contribution in [2.45, 2.75) is 32.7 Å². The molecule has 112 valence electrons. The number of anilines is 1. The second-order valence-corrected chi connectivity index (χ2v) is 5.31. The van der Waals surface area contributed by atoms with Gasteiger partial charge in [0.25, 0.3) is 0 Å². The lowest BCUT2D eigenvalue weighted by Gasteiger charge is -2.17. The first-order valence-electron chi connectivity index (χ1n) is 7.75. The van der Waals surface area contributed by atoms with Crippen molar-refractivity contribution in [1.29, 1.82) is 0 Å². The van der Waals surface area contributed by atoms with Crippen LogP contribution in [-0.2, 0) is 0 Å². The highest BCUT2D eigenvalue weighted by Gasteiger charge is 2.11. The van der Waals surface area contributed by atoms with E-state index in [1.807, 2.05) is 30.3 Å². The first kappa shape index (κ1) is 14.4. The number of aromatic nitrogens is 3. The van der Waals surface area contributed by atoms with Gasteiger partial charge < -0.3 is 5.32 Å². The summed E-state index contributed by atoms with van der Waals surface area (Å²) in [6.07, 6.45) is 5.67. The zero-order valence-corrected chi connectivity index (χ0v) is 13.0. The van der Waals surface area contributed by atoms with Crippen molar-refractivity contribution < 1.29 is 0 Å². The van der Waals surface area contributed by atoms with E-state index in [1.165, 1.54) is 0 Å². The third-order valence-corrected chi connectivity index (χ3v) is 3.87. The summed E-state index contributed by atoms with van der Waals surface area (Å²) in [6, 6.07) is 12.4. The predicted octanol–water partition coefficient (Wildman–Crippen LogP) is 4.29. The molecule has 3 rings (SSSR count). The number of hydrogen-bond donors (Lipinski definition) is 1. The van der Waals surface area contributed by atoms with Crippen molar-refractivity contribution in [3.63, 3.8) is 0 Å². The third-order valence-electron chi connectivity index (χ3n) is 3.87. The summed E-state index contributed by atoms with van der Waals surface area (Å²) in [4.78, 5) is 13.5. The predicted molar refractivity (Wildman–Crippen MR) is 90.8 cm³/mol. The van der Waals surface area contributed by atoms with E-state index in [0.717, 1.165) is 41.0 Å². The average Bonchev–Trinajstić information content (AvgIpc) is 2.60. The van der Waals surface area contributed by atoms with E-state index in [0.29, 0.717) is 6.04 Å². The molecule has 0 aliphatic carbocycles. The smallest absolute Gasteiger partial charge is 0.162 e. The lowest BCUT2D eigenvalue weighted by atomic mass is 10.1. The molecule has 4 nitrogen and oxygen atoms in total. The highest BCUT2D eigenvalue weighted by molar-refractivity contribution is 5.90. The molecule has 0 bridgehead atoms. The SMILES string of the molecule is CCC(CC)Nc1nc(-c2ccncc2)nc2ccccc12. The van der Waals surface area contributed by atoms with Gasteiger partial charge in [-0.25, -0.2) is 9.97 Å². The van der Waals surface area contributed by atoms with E-state index in [2.05, 4.69) is 35.2 Å². The Kier molecular flexibility index (Phi) is 4.28. The second-order valence-electron chi connectivity index (χ2n) is 5.31. The molecule has 0 saturated heterocycles. The number of hydrogen-bond acceptors (Lipinski definition) is 4. The maximum atomic E-state index is 4.76. The van der Waals surface area contributed by atoms with Crippen molar-refractivity contribution in [1.82, 2.24) is 15.0 Å². The molecule has 0 atom stereocenters. The lowest BCUT2D eigenvalue weighted by Crippen LogP contribution is -2.18. The molecule has 1 aromatic carbocycles. The summed E-state index contributed by atoms with van der Waals surface area (Å²) in [5, 5.41) is 4.63. The third kappa shape index (κ3) is 2.91. The first-order chi connectivity index (χ1) is 10.8. The highest BCUT2D eigenvalue weighted by atomic mass is 15.1. The Labute approximate surface area is 130 Å². The van der Waals surface area contributed by atoms with Crippen LogP contribution >= 0.6 is 0 Å². The fourth-order valence-electron chi connectivity index (χ4n) is 2.50. The largest absolute Gasteiger partial charge is 0.367 e. The lowest BCUT2D eigenvalue weighted by molar-refractivity contribution is 0.669. The summed E-state index contributed by atoms with van der Waals surface area (Å²) in [6.45, 7) is 4.38. The minimum absolute atomic E-state index is 0.420. The molecule has 2 heterocycles. The summed E-state index contributed by atoms with van der Waals surface area (Å²) >= 11 is 0. The summed E-state index contributed by atoms with van der Waals surface area (Å²) in [5.41, 5.74) is 1.94. The normalized spacial score (nSPS) is 11.0. The van der Waals surface area contributed by atoms with Crippen LogP contribution in [0.3, 0.4) is 0 Å². The van der Waals surface area contributed by atoms with Crippen molar-refractivity contribution in [3.8, 4) is 11.4 Å². The molecule has 3 aromatic rings. The Morgan fingerprint density at radius 3 is 2.41 bits per heavy atom. The number of fused-ring (bicyclic) bond motifs is 1. The van der Waals surface area contributed by atoms with Crippen LogP contribution in [0.25, 0.3) is 22.3 Å². The number of para-hydroxylation sites is 1. The molecule has 0 unspecified atom stereocenters. The summed E-state index contributed by atoms with van der Waals surface area (Å²) in [7, 11) is 0. The molecule has 0 spiro atoms. The minimum Gasteiger partial charge on any atom is -0.367 e. The van der Waals surface area contributed by atoms with Crippen molar-refractivity contribution in [3.05, 3.63) is 48.8 Å². The summed E-state index contributed by atoms with van der Waals surface area (Å²) in [5.74, 6) is 1.64. The fourth-order valence-corrected chi connectivity index (χ4v) is 2.50. The van der Waals surface area contributed by atoms with Crippen LogP contribution in [0, 0.1) is 0 Å². The zero-order valence-electron chi connectivity index (χ0n) is 13.0. The van der Waals surface area contributed by atoms with Crippen LogP contribution in [0.15, 0.2) is 48.8 Å². The number of pyridine rings is 1. The molecule has 0 fully saturated rings. The van der Waals surface area contributed by atoms with Gasteiger partial charge in [-0.05, 0) is 37.1 Å². The fraction of sp³-hybridized carbons (Fsp3) is 0.278. The zero-order chi connectivity index (χ0) is 15.4. The molecule has 0 aliphatic rings. The van der Waals surface area contributed by atoms with Gasteiger partial charge >= 0.3 is 0 Å². The van der Waals surface area contributed by atoms with Crippen LogP contribution in [-0.4, -0.2) is 21.0 Å². The number of nitrogens with one attached hydrogen (secondary N) is 1. The van der Waals surface area contributed by atoms with Gasteiger partial charge in [0.2, 0.25) is 0 Å². The number of benzene rings is 1. The topological polar surface area (TPSA) is 50.7 Å². The Morgan fingerprint density at radius 1 is 0.955 bits per heavy atom. The Balaban J connectivity index is 2.12. The van der Waals surface area contributed by atoms with Crippen LogP contribution in [0.5, 0.6) is 0 Å². The molecule has 0 radical (unpaired) electrons. The van der Waals surface area contributed by atoms with Gasteiger partial charge in [-0.2, -0.15) is 0 Å². The van der Waals surface area contributed by atoms with Gasteiger partial charge in [0.1, 0.15) is 5.82 Å². The van der Waals surface area contributed by atoms with E-state index in [-0.39, 0.29) is 0 Å². The maximum Gasteiger partial charge on any atom is 0.162 e. The van der Waals surface area contributed by atoms with Crippen LogP contribution in [0.1, 0.15) is 26.7 Å². The Morgan fingerprint density at radius 2 is 1.68 bits per heavy atom. The molecule has 0 aliphatic heterocycles. The molecule has 0 saturated carbocycles. The monoisotopic (exact) mass is 292 g/mol. The Hall–Kier alpha value is -2.49. The highest BCUT2D eigenvalue weighted by Crippen LogP contribution is 2.25. The molecular formula is C18H20N4. The average molecular weight is 292 g/mol. The first-order valence-corrected chi connectivity index (χ1v) is 7.75. The number of rotatable bonds is 5. The molecule has 22 heavy (non-hydrogen) atoms. The Bertz CT molecular complexity index is 751.